The molecule has 0 spiro atoms. The minimum absolute atomic E-state index is 0.0523. The zero-order valence-corrected chi connectivity index (χ0v) is 11.3. The van der Waals surface area contributed by atoms with Gasteiger partial charge in [-0.1, -0.05) is 48.5 Å². The van der Waals surface area contributed by atoms with Gasteiger partial charge in [-0.05, 0) is 18.1 Å². The lowest BCUT2D eigenvalue weighted by Crippen LogP contribution is -2.31. The number of ether oxygens (including phenoxy) is 1. The molecule has 2 aromatic carbocycles. The Morgan fingerprint density at radius 2 is 1.62 bits per heavy atom. The summed E-state index contributed by atoms with van der Waals surface area (Å²) in [6.45, 7) is -2.94. The predicted octanol–water partition coefficient (Wildman–Crippen LogP) is 2.89. The van der Waals surface area contributed by atoms with E-state index in [0.717, 1.165) is 5.56 Å². The molecular weight excluding hydrogens is 276 g/mol. The van der Waals surface area contributed by atoms with E-state index in [2.05, 4.69) is 4.74 Å². The number of hydrogen-bond acceptors (Lipinski definition) is 3. The van der Waals surface area contributed by atoms with E-state index in [1.165, 1.54) is 12.1 Å². The maximum absolute atomic E-state index is 12.4. The van der Waals surface area contributed by atoms with Gasteiger partial charge in [-0.2, -0.15) is 8.78 Å². The van der Waals surface area contributed by atoms with E-state index in [4.69, 9.17) is 5.73 Å². The van der Waals surface area contributed by atoms with Crippen molar-refractivity contribution in [1.29, 1.82) is 0 Å². The van der Waals surface area contributed by atoms with Crippen LogP contribution in [-0.2, 0) is 6.42 Å². The van der Waals surface area contributed by atoms with Crippen LogP contribution in [0.25, 0.3) is 0 Å². The van der Waals surface area contributed by atoms with Gasteiger partial charge in [-0.15, -0.1) is 0 Å². The number of rotatable bonds is 6. The van der Waals surface area contributed by atoms with Crippen LogP contribution in [0.2, 0.25) is 0 Å². The summed E-state index contributed by atoms with van der Waals surface area (Å²) in [5.74, 6) is -0.0523. The number of aliphatic hydroxyl groups is 1. The molecule has 0 amide bonds. The van der Waals surface area contributed by atoms with Crippen LogP contribution >= 0.6 is 0 Å². The van der Waals surface area contributed by atoms with E-state index in [-0.39, 0.29) is 11.3 Å². The van der Waals surface area contributed by atoms with E-state index in [9.17, 15) is 13.9 Å². The molecule has 3 N–H and O–H groups in total. The molecule has 0 aliphatic heterocycles. The van der Waals surface area contributed by atoms with Gasteiger partial charge in [0, 0.05) is 11.6 Å². The standard InChI is InChI=1S/C16H17F2NO2/c17-16(18)21-14-9-5-4-8-12(14)15(20)13(19)10-11-6-2-1-3-7-11/h1-9,13,15-16,20H,10,19H2. The van der Waals surface area contributed by atoms with Gasteiger partial charge in [-0.25, -0.2) is 0 Å². The molecule has 2 unspecified atom stereocenters. The van der Waals surface area contributed by atoms with Crippen molar-refractivity contribution in [3.63, 3.8) is 0 Å². The van der Waals surface area contributed by atoms with Gasteiger partial charge >= 0.3 is 6.61 Å². The summed E-state index contributed by atoms with van der Waals surface area (Å²) >= 11 is 0. The quantitative estimate of drug-likeness (QED) is 0.861. The molecule has 0 saturated heterocycles. The first kappa shape index (κ1) is 15.4. The number of hydrogen-bond donors (Lipinski definition) is 2. The Labute approximate surface area is 122 Å². The fraction of sp³-hybridized carbons (Fsp3) is 0.250. The Hall–Kier alpha value is -1.98. The van der Waals surface area contributed by atoms with Gasteiger partial charge in [0.15, 0.2) is 0 Å². The number of para-hydroxylation sites is 1. The summed E-state index contributed by atoms with van der Waals surface area (Å²) in [4.78, 5) is 0. The third-order valence-electron chi connectivity index (χ3n) is 3.17. The lowest BCUT2D eigenvalue weighted by molar-refractivity contribution is -0.0518. The van der Waals surface area contributed by atoms with Gasteiger partial charge in [0.25, 0.3) is 0 Å². The molecule has 0 aromatic heterocycles. The van der Waals surface area contributed by atoms with Crippen LogP contribution in [-0.4, -0.2) is 17.8 Å². The highest BCUT2D eigenvalue weighted by Gasteiger charge is 2.22. The molecular formula is C16H17F2NO2. The highest BCUT2D eigenvalue weighted by molar-refractivity contribution is 5.36. The zero-order valence-electron chi connectivity index (χ0n) is 11.3. The lowest BCUT2D eigenvalue weighted by atomic mass is 9.96. The number of nitrogens with two attached hydrogens (primary N) is 1. The van der Waals surface area contributed by atoms with Crippen LogP contribution < -0.4 is 10.5 Å². The number of aliphatic hydroxyl groups excluding tert-OH is 1. The number of alkyl halides is 2. The third kappa shape index (κ3) is 4.24. The van der Waals surface area contributed by atoms with Crippen molar-refractivity contribution in [1.82, 2.24) is 0 Å². The van der Waals surface area contributed by atoms with Crippen LogP contribution in [0.3, 0.4) is 0 Å². The van der Waals surface area contributed by atoms with Crippen molar-refractivity contribution in [2.45, 2.75) is 25.2 Å². The van der Waals surface area contributed by atoms with Crippen LogP contribution in [0, 0.1) is 0 Å². The smallest absolute Gasteiger partial charge is 0.387 e. The molecule has 0 saturated carbocycles. The average molecular weight is 293 g/mol. The molecule has 3 nitrogen and oxygen atoms in total. The summed E-state index contributed by atoms with van der Waals surface area (Å²) in [7, 11) is 0. The van der Waals surface area contributed by atoms with Gasteiger partial charge in [0.05, 0.1) is 6.10 Å². The topological polar surface area (TPSA) is 55.5 Å². The molecule has 2 rings (SSSR count). The van der Waals surface area contributed by atoms with Gasteiger partial charge < -0.3 is 15.6 Å². The normalized spacial score (nSPS) is 14.0. The first-order valence-electron chi connectivity index (χ1n) is 6.59. The molecule has 0 bridgehead atoms. The van der Waals surface area contributed by atoms with Gasteiger partial charge in [-0.3, -0.25) is 0 Å². The van der Waals surface area contributed by atoms with Crippen molar-refractivity contribution in [2.24, 2.45) is 5.73 Å². The number of benzene rings is 2. The van der Waals surface area contributed by atoms with Crippen LogP contribution in [0.5, 0.6) is 5.75 Å². The molecule has 0 heterocycles. The molecule has 0 radical (unpaired) electrons. The van der Waals surface area contributed by atoms with Crippen molar-refractivity contribution >= 4 is 0 Å². The van der Waals surface area contributed by atoms with Crippen LogP contribution in [0.15, 0.2) is 54.6 Å². The highest BCUT2D eigenvalue weighted by atomic mass is 19.3. The molecule has 21 heavy (non-hydrogen) atoms. The summed E-state index contributed by atoms with van der Waals surface area (Å²) < 4.78 is 29.2. The molecule has 5 heteroatoms. The molecule has 2 atom stereocenters. The van der Waals surface area contributed by atoms with Crippen LogP contribution in [0.4, 0.5) is 8.78 Å². The first-order valence-corrected chi connectivity index (χ1v) is 6.59. The summed E-state index contributed by atoms with van der Waals surface area (Å²) in [5.41, 5.74) is 7.22. The fourth-order valence-electron chi connectivity index (χ4n) is 2.16. The molecule has 2 aromatic rings. The highest BCUT2D eigenvalue weighted by Crippen LogP contribution is 2.28. The molecule has 0 aliphatic carbocycles. The first-order chi connectivity index (χ1) is 10.1. The van der Waals surface area contributed by atoms with E-state index in [0.29, 0.717) is 6.42 Å². The van der Waals surface area contributed by atoms with E-state index in [1.807, 2.05) is 30.3 Å². The second-order valence-electron chi connectivity index (χ2n) is 4.71. The van der Waals surface area contributed by atoms with Gasteiger partial charge in [0.2, 0.25) is 0 Å². The Morgan fingerprint density at radius 3 is 2.29 bits per heavy atom. The molecule has 112 valence electrons. The second kappa shape index (κ2) is 7.15. The van der Waals surface area contributed by atoms with Crippen molar-refractivity contribution in [3.05, 3.63) is 65.7 Å². The van der Waals surface area contributed by atoms with Crippen molar-refractivity contribution < 1.29 is 18.6 Å². The Kier molecular flexibility index (Phi) is 5.25. The van der Waals surface area contributed by atoms with Crippen molar-refractivity contribution in [3.8, 4) is 5.75 Å². The van der Waals surface area contributed by atoms with E-state index in [1.54, 1.807) is 12.1 Å². The molecule has 0 fully saturated rings. The fourth-order valence-corrected chi connectivity index (χ4v) is 2.16. The lowest BCUT2D eigenvalue weighted by Gasteiger charge is -2.21. The molecule has 0 aliphatic rings. The summed E-state index contributed by atoms with van der Waals surface area (Å²) in [6, 6.07) is 15.0. The van der Waals surface area contributed by atoms with Crippen molar-refractivity contribution in [2.75, 3.05) is 0 Å². The monoisotopic (exact) mass is 293 g/mol. The predicted molar refractivity (Wildman–Crippen MR) is 76.2 cm³/mol. The number of halogens is 2. The van der Waals surface area contributed by atoms with E-state index >= 15 is 0 Å². The maximum Gasteiger partial charge on any atom is 0.387 e. The van der Waals surface area contributed by atoms with E-state index < -0.39 is 18.8 Å². The third-order valence-corrected chi connectivity index (χ3v) is 3.17. The average Bonchev–Trinajstić information content (AvgIpc) is 2.47. The Morgan fingerprint density at radius 1 is 1.00 bits per heavy atom. The SMILES string of the molecule is NC(Cc1ccccc1)C(O)c1ccccc1OC(F)F. The van der Waals surface area contributed by atoms with Gasteiger partial charge in [0.1, 0.15) is 5.75 Å². The minimum Gasteiger partial charge on any atom is -0.434 e. The summed E-state index contributed by atoms with van der Waals surface area (Å²) in [6.07, 6.45) is -0.648. The zero-order chi connectivity index (χ0) is 15.2. The Balaban J connectivity index is 2.13. The van der Waals surface area contributed by atoms with Crippen LogP contribution in [0.1, 0.15) is 17.2 Å². The largest absolute Gasteiger partial charge is 0.434 e. The maximum atomic E-state index is 12.4. The minimum atomic E-state index is -2.94. The second-order valence-corrected chi connectivity index (χ2v) is 4.71. The summed E-state index contributed by atoms with van der Waals surface area (Å²) in [5, 5.41) is 10.3. The Bertz CT molecular complexity index is 563.